The van der Waals surface area contributed by atoms with Crippen LogP contribution in [0.4, 0.5) is 0 Å². The van der Waals surface area contributed by atoms with Crippen LogP contribution < -0.4 is 0 Å². The highest BCUT2D eigenvalue weighted by atomic mass is 79.9. The molecule has 3 aromatic rings. The number of hydrogen-bond donors (Lipinski definition) is 0. The first-order chi connectivity index (χ1) is 7.83. The molecule has 0 unspecified atom stereocenters. The summed E-state index contributed by atoms with van der Waals surface area (Å²) in [5, 5.41) is 0. The molecule has 0 saturated carbocycles. The Labute approximate surface area is 99.5 Å². The predicted molar refractivity (Wildman–Crippen MR) is 62.7 cm³/mol. The van der Waals surface area contributed by atoms with Crippen molar-refractivity contribution in [2.45, 2.75) is 0 Å². The van der Waals surface area contributed by atoms with Gasteiger partial charge in [0, 0.05) is 23.1 Å². The Hall–Kier alpha value is -1.75. The zero-order valence-corrected chi connectivity index (χ0v) is 9.68. The minimum atomic E-state index is 0.530. The van der Waals surface area contributed by atoms with Crippen molar-refractivity contribution in [3.05, 3.63) is 41.3 Å². The lowest BCUT2D eigenvalue weighted by Gasteiger charge is -1.93. The molecule has 0 aliphatic carbocycles. The van der Waals surface area contributed by atoms with Crippen molar-refractivity contribution >= 4 is 27.2 Å². The molecule has 0 radical (unpaired) electrons. The summed E-state index contributed by atoms with van der Waals surface area (Å²) < 4.78 is 6.46. The Morgan fingerprint density at radius 2 is 2.19 bits per heavy atom. The van der Waals surface area contributed by atoms with Crippen molar-refractivity contribution in [2.24, 2.45) is 0 Å². The zero-order valence-electron chi connectivity index (χ0n) is 8.09. The van der Waals surface area contributed by atoms with Gasteiger partial charge >= 0.3 is 0 Å². The van der Waals surface area contributed by atoms with E-state index in [9.17, 15) is 0 Å². The van der Waals surface area contributed by atoms with Crippen molar-refractivity contribution < 1.29 is 4.42 Å². The zero-order chi connectivity index (χ0) is 11.0. The molecule has 3 heterocycles. The minimum absolute atomic E-state index is 0.530. The number of aromatic nitrogens is 3. The van der Waals surface area contributed by atoms with Crippen LogP contribution in [0.3, 0.4) is 0 Å². The predicted octanol–water partition coefficient (Wildman–Crippen LogP) is 3.05. The standard InChI is InChI=1S/C11H6BrN3O/c12-8-4-7(5-13-6-8)11-15-10-9(16-11)2-1-3-14-10/h1-6H. The van der Waals surface area contributed by atoms with Gasteiger partial charge in [-0.25, -0.2) is 4.98 Å². The summed E-state index contributed by atoms with van der Waals surface area (Å²) >= 11 is 3.36. The molecule has 4 nitrogen and oxygen atoms in total. The molecule has 0 aliphatic heterocycles. The maximum Gasteiger partial charge on any atom is 0.230 e. The Morgan fingerprint density at radius 3 is 3.00 bits per heavy atom. The van der Waals surface area contributed by atoms with Gasteiger partial charge in [-0.1, -0.05) is 0 Å². The summed E-state index contributed by atoms with van der Waals surface area (Å²) in [5.41, 5.74) is 2.11. The molecule has 0 spiro atoms. The van der Waals surface area contributed by atoms with Crippen molar-refractivity contribution in [3.63, 3.8) is 0 Å². The molecular weight excluding hydrogens is 270 g/mol. The topological polar surface area (TPSA) is 51.8 Å². The third-order valence-corrected chi connectivity index (χ3v) is 2.55. The second-order valence-corrected chi connectivity index (χ2v) is 4.15. The smallest absolute Gasteiger partial charge is 0.230 e. The Balaban J connectivity index is 2.19. The van der Waals surface area contributed by atoms with Gasteiger partial charge in [-0.2, -0.15) is 4.98 Å². The molecule has 0 N–H and O–H groups in total. The molecule has 0 amide bonds. The van der Waals surface area contributed by atoms with Gasteiger partial charge in [-0.3, -0.25) is 4.98 Å². The maximum absolute atomic E-state index is 5.57. The normalized spacial score (nSPS) is 10.8. The first-order valence-electron chi connectivity index (χ1n) is 4.65. The highest BCUT2D eigenvalue weighted by Crippen LogP contribution is 2.24. The lowest BCUT2D eigenvalue weighted by atomic mass is 10.3. The van der Waals surface area contributed by atoms with Crippen molar-refractivity contribution in [2.75, 3.05) is 0 Å². The van der Waals surface area contributed by atoms with Gasteiger partial charge in [0.2, 0.25) is 5.89 Å². The van der Waals surface area contributed by atoms with Crippen LogP contribution in [0.1, 0.15) is 0 Å². The molecule has 3 aromatic heterocycles. The fraction of sp³-hybridized carbons (Fsp3) is 0. The van der Waals surface area contributed by atoms with Crippen molar-refractivity contribution in [1.29, 1.82) is 0 Å². The summed E-state index contributed by atoms with van der Waals surface area (Å²) in [4.78, 5) is 12.5. The van der Waals surface area contributed by atoms with Gasteiger partial charge < -0.3 is 4.42 Å². The molecular formula is C11H6BrN3O. The summed E-state index contributed by atoms with van der Waals surface area (Å²) in [7, 11) is 0. The summed E-state index contributed by atoms with van der Waals surface area (Å²) in [6.07, 6.45) is 5.10. The van der Waals surface area contributed by atoms with Gasteiger partial charge in [0.25, 0.3) is 0 Å². The number of hydrogen-bond acceptors (Lipinski definition) is 4. The molecule has 78 valence electrons. The minimum Gasteiger partial charge on any atom is -0.434 e. The van der Waals surface area contributed by atoms with Crippen LogP contribution in [0.2, 0.25) is 0 Å². The van der Waals surface area contributed by atoms with E-state index in [2.05, 4.69) is 30.9 Å². The first kappa shape index (κ1) is 9.47. The molecule has 0 atom stereocenters. The molecule has 0 saturated heterocycles. The molecule has 0 aromatic carbocycles. The Bertz CT molecular complexity index is 617. The van der Waals surface area contributed by atoms with Gasteiger partial charge in [0.1, 0.15) is 0 Å². The SMILES string of the molecule is Brc1cncc(-c2nc3ncccc3o2)c1. The van der Waals surface area contributed by atoms with E-state index in [1.54, 1.807) is 18.6 Å². The van der Waals surface area contributed by atoms with E-state index in [-0.39, 0.29) is 0 Å². The van der Waals surface area contributed by atoms with Crippen molar-refractivity contribution in [3.8, 4) is 11.5 Å². The van der Waals surface area contributed by atoms with Crippen LogP contribution in [-0.4, -0.2) is 15.0 Å². The number of halogens is 1. The van der Waals surface area contributed by atoms with Crippen LogP contribution in [0, 0.1) is 0 Å². The highest BCUT2D eigenvalue weighted by molar-refractivity contribution is 9.10. The van der Waals surface area contributed by atoms with E-state index >= 15 is 0 Å². The van der Waals surface area contributed by atoms with Gasteiger partial charge in [-0.15, -0.1) is 0 Å². The molecule has 0 bridgehead atoms. The lowest BCUT2D eigenvalue weighted by molar-refractivity contribution is 0.619. The van der Waals surface area contributed by atoms with Crippen LogP contribution in [0.5, 0.6) is 0 Å². The Kier molecular flexibility index (Phi) is 2.18. The monoisotopic (exact) mass is 275 g/mol. The van der Waals surface area contributed by atoms with E-state index < -0.39 is 0 Å². The van der Waals surface area contributed by atoms with Gasteiger partial charge in [0.05, 0.1) is 5.56 Å². The van der Waals surface area contributed by atoms with Gasteiger partial charge in [0.15, 0.2) is 11.2 Å². The quantitative estimate of drug-likeness (QED) is 0.685. The maximum atomic E-state index is 5.57. The summed E-state index contributed by atoms with van der Waals surface area (Å²) in [6.45, 7) is 0. The van der Waals surface area contributed by atoms with Crippen LogP contribution in [0.15, 0.2) is 45.7 Å². The van der Waals surface area contributed by atoms with Crippen LogP contribution in [0.25, 0.3) is 22.7 Å². The average Bonchev–Trinajstić information content (AvgIpc) is 2.72. The molecule has 0 fully saturated rings. The fourth-order valence-electron chi connectivity index (χ4n) is 1.42. The summed E-state index contributed by atoms with van der Waals surface area (Å²) in [6, 6.07) is 5.55. The third kappa shape index (κ3) is 1.59. The highest BCUT2D eigenvalue weighted by Gasteiger charge is 2.08. The third-order valence-electron chi connectivity index (χ3n) is 2.12. The lowest BCUT2D eigenvalue weighted by Crippen LogP contribution is -1.80. The van der Waals surface area contributed by atoms with Crippen LogP contribution in [-0.2, 0) is 0 Å². The molecule has 0 aliphatic rings. The number of fused-ring (bicyclic) bond motifs is 1. The Morgan fingerprint density at radius 1 is 1.25 bits per heavy atom. The second-order valence-electron chi connectivity index (χ2n) is 3.24. The van der Waals surface area contributed by atoms with Crippen molar-refractivity contribution in [1.82, 2.24) is 15.0 Å². The summed E-state index contributed by atoms with van der Waals surface area (Å²) in [5.74, 6) is 0.530. The van der Waals surface area contributed by atoms with E-state index in [4.69, 9.17) is 4.42 Å². The van der Waals surface area contributed by atoms with E-state index in [0.717, 1.165) is 10.0 Å². The average molecular weight is 276 g/mol. The van der Waals surface area contributed by atoms with E-state index in [1.165, 1.54) is 0 Å². The molecule has 16 heavy (non-hydrogen) atoms. The second kappa shape index (κ2) is 3.68. The number of rotatable bonds is 1. The molecule has 5 heteroatoms. The number of oxazole rings is 1. The molecule has 3 rings (SSSR count). The fourth-order valence-corrected chi connectivity index (χ4v) is 1.79. The van der Waals surface area contributed by atoms with E-state index in [1.807, 2.05) is 18.2 Å². The van der Waals surface area contributed by atoms with Gasteiger partial charge in [-0.05, 0) is 34.1 Å². The largest absolute Gasteiger partial charge is 0.434 e. The van der Waals surface area contributed by atoms with Crippen LogP contribution >= 0.6 is 15.9 Å². The number of nitrogens with zero attached hydrogens (tertiary/aromatic N) is 3. The van der Waals surface area contributed by atoms with E-state index in [0.29, 0.717) is 17.1 Å². The first-order valence-corrected chi connectivity index (χ1v) is 5.45. The number of pyridine rings is 2.